The Morgan fingerprint density at radius 2 is 1.87 bits per heavy atom. The van der Waals surface area contributed by atoms with E-state index in [4.69, 9.17) is 24.9 Å². The molecule has 46 heavy (non-hydrogen) atoms. The minimum absolute atomic E-state index is 0.0101. The molecule has 4 heterocycles. The molecule has 2 fully saturated rings. The maximum absolute atomic E-state index is 13.2. The number of aromatic nitrogens is 1. The van der Waals surface area contributed by atoms with Crippen molar-refractivity contribution in [3.8, 4) is 5.75 Å². The van der Waals surface area contributed by atoms with Gasteiger partial charge in [0.15, 0.2) is 0 Å². The average Bonchev–Trinajstić information content (AvgIpc) is 3.59. The molecule has 2 N–H and O–H groups in total. The molecule has 3 aliphatic rings. The van der Waals surface area contributed by atoms with Gasteiger partial charge in [0.05, 0.1) is 5.69 Å². The third-order valence-corrected chi connectivity index (χ3v) is 9.07. The van der Waals surface area contributed by atoms with Crippen molar-refractivity contribution in [1.82, 2.24) is 14.8 Å². The van der Waals surface area contributed by atoms with Crippen molar-refractivity contribution in [2.24, 2.45) is 5.73 Å². The Labute approximate surface area is 270 Å². The minimum Gasteiger partial charge on any atom is -0.489 e. The SMILES string of the molecule is CC(C)(C)OC(=O)CC[C@@H](C(N)=O)N1Cc2cc(O[C@H]3CCN(Cc4cc5ccc(C6CCOCC6)cc5cn4)C3)ccc2C1=O. The van der Waals surface area contributed by atoms with E-state index in [-0.39, 0.29) is 31.4 Å². The molecular weight excluding hydrogens is 584 g/mol. The van der Waals surface area contributed by atoms with E-state index in [9.17, 15) is 14.4 Å². The standard InChI is InChI=1S/C36H44N4O6/c1-36(2,3)46-33(41)9-8-32(34(37)42)40-20-27-18-29(6-7-31(27)35(40)43)45-30-10-13-39(22-30)21-28-17-25-5-4-24(16-26(25)19-38-28)23-11-14-44-15-12-23/h4-7,16-19,23,30,32H,8-15,20-22H2,1-3H3,(H2,37,42)/t30-,32-/m0/s1. The van der Waals surface area contributed by atoms with E-state index in [2.05, 4.69) is 29.2 Å². The Morgan fingerprint density at radius 1 is 1.07 bits per heavy atom. The van der Waals surface area contributed by atoms with Crippen LogP contribution in [0.3, 0.4) is 0 Å². The van der Waals surface area contributed by atoms with Gasteiger partial charge in [-0.2, -0.15) is 0 Å². The van der Waals surface area contributed by atoms with E-state index < -0.39 is 23.5 Å². The highest BCUT2D eigenvalue weighted by molar-refractivity contribution is 6.01. The fourth-order valence-electron chi connectivity index (χ4n) is 6.78. The van der Waals surface area contributed by atoms with Crippen LogP contribution in [0.1, 0.15) is 86.0 Å². The van der Waals surface area contributed by atoms with Gasteiger partial charge < -0.3 is 24.8 Å². The van der Waals surface area contributed by atoms with Crippen molar-refractivity contribution >= 4 is 28.6 Å². The fraction of sp³-hybridized carbons (Fsp3) is 0.500. The minimum atomic E-state index is -0.905. The first-order valence-corrected chi connectivity index (χ1v) is 16.3. The van der Waals surface area contributed by atoms with Crippen molar-refractivity contribution in [3.63, 3.8) is 0 Å². The molecule has 3 aromatic rings. The van der Waals surface area contributed by atoms with Crippen LogP contribution in [0.15, 0.2) is 48.7 Å². The molecule has 2 atom stereocenters. The Balaban J connectivity index is 1.03. The second kappa shape index (κ2) is 13.4. The smallest absolute Gasteiger partial charge is 0.306 e. The molecule has 0 spiro atoms. The summed E-state index contributed by atoms with van der Waals surface area (Å²) in [7, 11) is 0. The predicted molar refractivity (Wildman–Crippen MR) is 173 cm³/mol. The van der Waals surface area contributed by atoms with Gasteiger partial charge in [-0.3, -0.25) is 24.3 Å². The van der Waals surface area contributed by atoms with E-state index >= 15 is 0 Å². The Bertz CT molecular complexity index is 1610. The third kappa shape index (κ3) is 7.50. The molecule has 0 aliphatic carbocycles. The molecule has 0 radical (unpaired) electrons. The number of likely N-dealkylation sites (tertiary alicyclic amines) is 1. The van der Waals surface area contributed by atoms with E-state index in [1.807, 2.05) is 18.3 Å². The molecular formula is C36H44N4O6. The maximum Gasteiger partial charge on any atom is 0.306 e. The second-order valence-corrected chi connectivity index (χ2v) is 13.7. The number of carbonyl (C=O) groups is 3. The molecule has 244 valence electrons. The predicted octanol–water partition coefficient (Wildman–Crippen LogP) is 4.71. The number of fused-ring (bicyclic) bond motifs is 2. The van der Waals surface area contributed by atoms with E-state index in [1.54, 1.807) is 26.8 Å². The monoisotopic (exact) mass is 628 g/mol. The highest BCUT2D eigenvalue weighted by Crippen LogP contribution is 2.32. The number of ether oxygens (including phenoxy) is 3. The highest BCUT2D eigenvalue weighted by Gasteiger charge is 2.36. The number of nitrogens with zero attached hydrogens (tertiary/aromatic N) is 3. The van der Waals surface area contributed by atoms with Crippen LogP contribution in [0.4, 0.5) is 0 Å². The van der Waals surface area contributed by atoms with E-state index in [0.29, 0.717) is 17.2 Å². The van der Waals surface area contributed by atoms with Crippen LogP contribution in [0.5, 0.6) is 5.75 Å². The molecule has 1 aromatic heterocycles. The van der Waals surface area contributed by atoms with Gasteiger partial charge in [0, 0.05) is 63.0 Å². The first-order chi connectivity index (χ1) is 22.0. The van der Waals surface area contributed by atoms with Gasteiger partial charge in [0.1, 0.15) is 23.5 Å². The van der Waals surface area contributed by atoms with Crippen molar-refractivity contribution in [2.75, 3.05) is 26.3 Å². The lowest BCUT2D eigenvalue weighted by Gasteiger charge is -2.25. The fourth-order valence-corrected chi connectivity index (χ4v) is 6.78. The van der Waals surface area contributed by atoms with Crippen molar-refractivity contribution in [3.05, 3.63) is 71.0 Å². The molecule has 2 aromatic carbocycles. The number of hydrogen-bond acceptors (Lipinski definition) is 8. The molecule has 2 amide bonds. The quantitative estimate of drug-likeness (QED) is 0.320. The van der Waals surface area contributed by atoms with Crippen LogP contribution in [-0.2, 0) is 32.2 Å². The molecule has 0 unspecified atom stereocenters. The first kappa shape index (κ1) is 31.9. The topological polar surface area (TPSA) is 124 Å². The number of esters is 1. The molecule has 0 bridgehead atoms. The molecule has 3 aliphatic heterocycles. The van der Waals surface area contributed by atoms with Crippen LogP contribution >= 0.6 is 0 Å². The normalized spacial score (nSPS) is 19.8. The summed E-state index contributed by atoms with van der Waals surface area (Å²) >= 11 is 0. The van der Waals surface area contributed by atoms with Crippen molar-refractivity contribution < 1.29 is 28.6 Å². The summed E-state index contributed by atoms with van der Waals surface area (Å²) in [6.45, 7) is 9.68. The van der Waals surface area contributed by atoms with Crippen molar-refractivity contribution in [2.45, 2.75) is 89.6 Å². The lowest BCUT2D eigenvalue weighted by atomic mass is 9.90. The van der Waals surface area contributed by atoms with Crippen molar-refractivity contribution in [1.29, 1.82) is 0 Å². The lowest BCUT2D eigenvalue weighted by molar-refractivity contribution is -0.155. The number of carbonyl (C=O) groups excluding carboxylic acids is 3. The Kier molecular flexibility index (Phi) is 9.29. The van der Waals surface area contributed by atoms with Crippen LogP contribution in [-0.4, -0.2) is 76.6 Å². The summed E-state index contributed by atoms with van der Waals surface area (Å²) in [4.78, 5) is 46.3. The van der Waals surface area contributed by atoms with Crippen LogP contribution in [0.2, 0.25) is 0 Å². The number of pyridine rings is 1. The lowest BCUT2D eigenvalue weighted by Crippen LogP contribution is -2.45. The molecule has 10 heteroatoms. The zero-order valence-corrected chi connectivity index (χ0v) is 27.0. The first-order valence-electron chi connectivity index (χ1n) is 16.3. The number of rotatable bonds is 10. The number of hydrogen-bond donors (Lipinski definition) is 1. The number of benzene rings is 2. The van der Waals surface area contributed by atoms with Crippen LogP contribution in [0, 0.1) is 0 Å². The average molecular weight is 629 g/mol. The summed E-state index contributed by atoms with van der Waals surface area (Å²) in [5.41, 5.74) is 8.76. The van der Waals surface area contributed by atoms with Gasteiger partial charge in [-0.05, 0) is 99.2 Å². The van der Waals surface area contributed by atoms with E-state index in [1.165, 1.54) is 21.2 Å². The van der Waals surface area contributed by atoms with Gasteiger partial charge in [0.2, 0.25) is 5.91 Å². The van der Waals surface area contributed by atoms with Gasteiger partial charge in [0.25, 0.3) is 5.91 Å². The largest absolute Gasteiger partial charge is 0.489 e. The Morgan fingerprint density at radius 3 is 2.63 bits per heavy atom. The Hall–Kier alpha value is -4.02. The zero-order valence-electron chi connectivity index (χ0n) is 27.0. The number of amides is 2. The van der Waals surface area contributed by atoms with Gasteiger partial charge in [-0.1, -0.05) is 12.1 Å². The second-order valence-electron chi connectivity index (χ2n) is 13.7. The summed E-state index contributed by atoms with van der Waals surface area (Å²) in [5, 5.41) is 2.38. The maximum atomic E-state index is 13.2. The van der Waals surface area contributed by atoms with Crippen LogP contribution in [0.25, 0.3) is 10.8 Å². The summed E-state index contributed by atoms with van der Waals surface area (Å²) in [6, 6.07) is 13.5. The summed E-state index contributed by atoms with van der Waals surface area (Å²) < 4.78 is 17.2. The number of primary amides is 1. The van der Waals surface area contributed by atoms with Gasteiger partial charge >= 0.3 is 5.97 Å². The highest BCUT2D eigenvalue weighted by atomic mass is 16.6. The third-order valence-electron chi connectivity index (χ3n) is 9.07. The molecule has 6 rings (SSSR count). The van der Waals surface area contributed by atoms with Crippen LogP contribution < -0.4 is 10.5 Å². The van der Waals surface area contributed by atoms with Gasteiger partial charge in [-0.15, -0.1) is 0 Å². The van der Waals surface area contributed by atoms with E-state index in [0.717, 1.165) is 63.4 Å². The zero-order chi connectivity index (χ0) is 32.4. The summed E-state index contributed by atoms with van der Waals surface area (Å²) in [5.74, 6) is -0.0985. The number of nitrogens with two attached hydrogens (primary N) is 1. The molecule has 2 saturated heterocycles. The summed E-state index contributed by atoms with van der Waals surface area (Å²) in [6.07, 6.45) is 5.14. The van der Waals surface area contributed by atoms with Gasteiger partial charge in [-0.25, -0.2) is 0 Å². The molecule has 0 saturated carbocycles. The molecule has 10 nitrogen and oxygen atoms in total.